The number of aryl methyl sites for hydroxylation is 1. The van der Waals surface area contributed by atoms with Crippen LogP contribution in [0.15, 0.2) is 6.07 Å². The molecule has 0 radical (unpaired) electrons. The van der Waals surface area contributed by atoms with Crippen LogP contribution in [0.5, 0.6) is 0 Å². The predicted molar refractivity (Wildman–Crippen MR) is 80.8 cm³/mol. The van der Waals surface area contributed by atoms with Crippen LogP contribution in [-0.2, 0) is 6.42 Å². The van der Waals surface area contributed by atoms with Crippen LogP contribution in [0.25, 0.3) is 0 Å². The third-order valence-corrected chi connectivity index (χ3v) is 3.98. The molecule has 0 saturated heterocycles. The van der Waals surface area contributed by atoms with Crippen molar-refractivity contribution < 1.29 is 0 Å². The van der Waals surface area contributed by atoms with Gasteiger partial charge in [0.05, 0.1) is 0 Å². The summed E-state index contributed by atoms with van der Waals surface area (Å²) in [6, 6.07) is 2.04. The van der Waals surface area contributed by atoms with Gasteiger partial charge in [0.15, 0.2) is 0 Å². The SMILES string of the molecule is CCc1nc(NC)cc(N(C)CC2CCCCC2)n1. The molecule has 1 aromatic heterocycles. The Morgan fingerprint density at radius 2 is 2.00 bits per heavy atom. The molecule has 0 spiro atoms. The second-order valence-corrected chi connectivity index (χ2v) is 5.52. The summed E-state index contributed by atoms with van der Waals surface area (Å²) in [5, 5.41) is 3.12. The summed E-state index contributed by atoms with van der Waals surface area (Å²) < 4.78 is 0. The molecule has 19 heavy (non-hydrogen) atoms. The Morgan fingerprint density at radius 1 is 1.26 bits per heavy atom. The fraction of sp³-hybridized carbons (Fsp3) is 0.733. The molecular formula is C15H26N4. The van der Waals surface area contributed by atoms with Crippen LogP contribution < -0.4 is 10.2 Å². The molecule has 1 aliphatic carbocycles. The summed E-state index contributed by atoms with van der Waals surface area (Å²) in [5.41, 5.74) is 0. The maximum absolute atomic E-state index is 4.64. The van der Waals surface area contributed by atoms with Gasteiger partial charge < -0.3 is 10.2 Å². The summed E-state index contributed by atoms with van der Waals surface area (Å²) >= 11 is 0. The highest BCUT2D eigenvalue weighted by Gasteiger charge is 2.16. The zero-order valence-electron chi connectivity index (χ0n) is 12.4. The highest BCUT2D eigenvalue weighted by molar-refractivity contribution is 5.48. The fourth-order valence-electron chi connectivity index (χ4n) is 2.82. The average molecular weight is 262 g/mol. The van der Waals surface area contributed by atoms with Crippen molar-refractivity contribution in [1.29, 1.82) is 0 Å². The van der Waals surface area contributed by atoms with E-state index in [1.165, 1.54) is 32.1 Å². The van der Waals surface area contributed by atoms with Gasteiger partial charge in [-0.1, -0.05) is 26.2 Å². The van der Waals surface area contributed by atoms with E-state index in [-0.39, 0.29) is 0 Å². The van der Waals surface area contributed by atoms with E-state index >= 15 is 0 Å². The molecule has 2 rings (SSSR count). The lowest BCUT2D eigenvalue weighted by Gasteiger charge is -2.28. The van der Waals surface area contributed by atoms with Crippen molar-refractivity contribution in [3.63, 3.8) is 0 Å². The normalized spacial score (nSPS) is 16.4. The molecule has 4 heteroatoms. The van der Waals surface area contributed by atoms with Crippen molar-refractivity contribution in [2.24, 2.45) is 5.92 Å². The zero-order valence-corrected chi connectivity index (χ0v) is 12.4. The minimum absolute atomic E-state index is 0.830. The first kappa shape index (κ1) is 14.1. The smallest absolute Gasteiger partial charge is 0.134 e. The van der Waals surface area contributed by atoms with Crippen LogP contribution in [0.3, 0.4) is 0 Å². The van der Waals surface area contributed by atoms with Crippen molar-refractivity contribution in [2.45, 2.75) is 45.4 Å². The second-order valence-electron chi connectivity index (χ2n) is 5.52. The van der Waals surface area contributed by atoms with Crippen LogP contribution in [0, 0.1) is 5.92 Å². The topological polar surface area (TPSA) is 41.1 Å². The quantitative estimate of drug-likeness (QED) is 0.885. The first-order valence-corrected chi connectivity index (χ1v) is 7.49. The van der Waals surface area contributed by atoms with Crippen LogP contribution in [0.1, 0.15) is 44.9 Å². The van der Waals surface area contributed by atoms with E-state index in [1.807, 2.05) is 13.1 Å². The number of nitrogens with one attached hydrogen (secondary N) is 1. The van der Waals surface area contributed by atoms with Gasteiger partial charge in [-0.15, -0.1) is 0 Å². The van der Waals surface area contributed by atoms with Crippen molar-refractivity contribution in [1.82, 2.24) is 9.97 Å². The van der Waals surface area contributed by atoms with E-state index in [0.717, 1.165) is 36.3 Å². The molecule has 0 atom stereocenters. The largest absolute Gasteiger partial charge is 0.373 e. The molecule has 0 aromatic carbocycles. The highest BCUT2D eigenvalue weighted by Crippen LogP contribution is 2.25. The Balaban J connectivity index is 2.06. The molecule has 106 valence electrons. The maximum Gasteiger partial charge on any atom is 0.134 e. The predicted octanol–water partition coefficient (Wildman–Crippen LogP) is 3.10. The van der Waals surface area contributed by atoms with Crippen LogP contribution >= 0.6 is 0 Å². The monoisotopic (exact) mass is 262 g/mol. The van der Waals surface area contributed by atoms with Gasteiger partial charge in [-0.3, -0.25) is 0 Å². The number of rotatable bonds is 5. The molecule has 0 aliphatic heterocycles. The molecule has 0 amide bonds. The Hall–Kier alpha value is -1.32. The van der Waals surface area contributed by atoms with Crippen LogP contribution in [-0.4, -0.2) is 30.6 Å². The minimum Gasteiger partial charge on any atom is -0.373 e. The summed E-state index contributed by atoms with van der Waals surface area (Å²) in [6.07, 6.45) is 7.82. The van der Waals surface area contributed by atoms with Gasteiger partial charge in [-0.05, 0) is 18.8 Å². The van der Waals surface area contributed by atoms with E-state index in [1.54, 1.807) is 0 Å². The number of nitrogens with zero attached hydrogens (tertiary/aromatic N) is 3. The van der Waals surface area contributed by atoms with E-state index in [0.29, 0.717) is 0 Å². The molecule has 1 fully saturated rings. The molecule has 0 unspecified atom stereocenters. The van der Waals surface area contributed by atoms with Gasteiger partial charge in [0.25, 0.3) is 0 Å². The van der Waals surface area contributed by atoms with Gasteiger partial charge in [0.2, 0.25) is 0 Å². The zero-order chi connectivity index (χ0) is 13.7. The summed E-state index contributed by atoms with van der Waals surface area (Å²) in [7, 11) is 4.06. The van der Waals surface area contributed by atoms with Crippen LogP contribution in [0.2, 0.25) is 0 Å². The number of aromatic nitrogens is 2. The molecule has 1 heterocycles. The lowest BCUT2D eigenvalue weighted by molar-refractivity contribution is 0.361. The van der Waals surface area contributed by atoms with Crippen LogP contribution in [0.4, 0.5) is 11.6 Å². The molecular weight excluding hydrogens is 236 g/mol. The van der Waals surface area contributed by atoms with Crippen molar-refractivity contribution in [3.05, 3.63) is 11.9 Å². The minimum atomic E-state index is 0.830. The molecule has 1 aromatic rings. The molecule has 0 bridgehead atoms. The lowest BCUT2D eigenvalue weighted by atomic mass is 9.89. The number of anilines is 2. The summed E-state index contributed by atoms with van der Waals surface area (Å²) in [6.45, 7) is 3.21. The molecule has 4 nitrogen and oxygen atoms in total. The van der Waals surface area contributed by atoms with Gasteiger partial charge in [-0.2, -0.15) is 0 Å². The Kier molecular flexibility index (Phi) is 5.00. The van der Waals surface area contributed by atoms with Gasteiger partial charge in [0, 0.05) is 33.1 Å². The second kappa shape index (κ2) is 6.73. The van der Waals surface area contributed by atoms with E-state index < -0.39 is 0 Å². The third-order valence-electron chi connectivity index (χ3n) is 3.98. The molecule has 1 aliphatic rings. The highest BCUT2D eigenvalue weighted by atomic mass is 15.2. The van der Waals surface area contributed by atoms with Crippen molar-refractivity contribution in [3.8, 4) is 0 Å². The van der Waals surface area contributed by atoms with Gasteiger partial charge >= 0.3 is 0 Å². The Bertz CT molecular complexity index is 377. The molecule has 1 saturated carbocycles. The van der Waals surface area contributed by atoms with E-state index in [2.05, 4.69) is 34.2 Å². The van der Waals surface area contributed by atoms with Gasteiger partial charge in [-0.25, -0.2) is 9.97 Å². The Morgan fingerprint density at radius 3 is 2.63 bits per heavy atom. The first-order chi connectivity index (χ1) is 9.22. The average Bonchev–Trinajstić information content (AvgIpc) is 2.47. The molecule has 1 N–H and O–H groups in total. The maximum atomic E-state index is 4.64. The van der Waals surface area contributed by atoms with Crippen molar-refractivity contribution >= 4 is 11.6 Å². The standard InChI is InChI=1S/C15H26N4/c1-4-13-17-14(16-2)10-15(18-13)19(3)11-12-8-6-5-7-9-12/h10,12H,4-9,11H2,1-3H3,(H,16,17,18). The van der Waals surface area contributed by atoms with Crippen molar-refractivity contribution in [2.75, 3.05) is 30.9 Å². The number of hydrogen-bond acceptors (Lipinski definition) is 4. The number of hydrogen-bond donors (Lipinski definition) is 1. The summed E-state index contributed by atoms with van der Waals surface area (Å²) in [5.74, 6) is 3.70. The Labute approximate surface area is 116 Å². The van der Waals surface area contributed by atoms with E-state index in [9.17, 15) is 0 Å². The third kappa shape index (κ3) is 3.82. The fourth-order valence-corrected chi connectivity index (χ4v) is 2.82. The van der Waals surface area contributed by atoms with Gasteiger partial charge in [0.1, 0.15) is 17.5 Å². The lowest BCUT2D eigenvalue weighted by Crippen LogP contribution is -2.28. The summed E-state index contributed by atoms with van der Waals surface area (Å²) in [4.78, 5) is 11.4. The first-order valence-electron chi connectivity index (χ1n) is 7.49. The van der Waals surface area contributed by atoms with E-state index in [4.69, 9.17) is 0 Å².